The molecule has 1 aliphatic rings. The van der Waals surface area contributed by atoms with Gasteiger partial charge in [0.25, 0.3) is 0 Å². The Kier molecular flexibility index (Phi) is 8.02. The molecule has 5 heteroatoms. The summed E-state index contributed by atoms with van der Waals surface area (Å²) in [6, 6.07) is -0.0428. The van der Waals surface area contributed by atoms with Crippen LogP contribution in [-0.4, -0.2) is 56.2 Å². The molecule has 1 unspecified atom stereocenters. The number of carbonyl (C=O) groups excluding carboxylic acids is 1. The number of ether oxygens (including phenoxy) is 1. The predicted molar refractivity (Wildman–Crippen MR) is 77.0 cm³/mol. The van der Waals surface area contributed by atoms with E-state index in [1.54, 1.807) is 7.11 Å². The summed E-state index contributed by atoms with van der Waals surface area (Å²) in [6.07, 6.45) is 4.85. The van der Waals surface area contributed by atoms with Crippen molar-refractivity contribution in [2.75, 3.05) is 33.4 Å². The van der Waals surface area contributed by atoms with Gasteiger partial charge in [0, 0.05) is 39.4 Å². The molecule has 0 aromatic rings. The number of nitrogens with zero attached hydrogens (tertiary/aromatic N) is 1. The van der Waals surface area contributed by atoms with Crippen molar-refractivity contribution in [1.29, 1.82) is 0 Å². The highest BCUT2D eigenvalue weighted by Crippen LogP contribution is 2.11. The molecule has 19 heavy (non-hydrogen) atoms. The average molecular weight is 271 g/mol. The number of piperidine rings is 1. The van der Waals surface area contributed by atoms with Crippen molar-refractivity contribution in [3.63, 3.8) is 0 Å². The Morgan fingerprint density at radius 2 is 2.16 bits per heavy atom. The molecule has 0 aromatic carbocycles. The van der Waals surface area contributed by atoms with Crippen LogP contribution in [0.5, 0.6) is 0 Å². The molecule has 3 N–H and O–H groups in total. The fourth-order valence-electron chi connectivity index (χ4n) is 2.48. The van der Waals surface area contributed by atoms with E-state index in [4.69, 9.17) is 10.5 Å². The fraction of sp³-hybridized carbons (Fsp3) is 0.929. The van der Waals surface area contributed by atoms with Crippen LogP contribution in [0.25, 0.3) is 0 Å². The van der Waals surface area contributed by atoms with E-state index in [1.807, 2.05) is 6.92 Å². The third-order valence-electron chi connectivity index (χ3n) is 3.69. The van der Waals surface area contributed by atoms with Crippen molar-refractivity contribution in [2.45, 2.75) is 51.1 Å². The number of carbonyl (C=O) groups is 1. The van der Waals surface area contributed by atoms with Gasteiger partial charge in [-0.2, -0.15) is 0 Å². The molecule has 5 nitrogen and oxygen atoms in total. The van der Waals surface area contributed by atoms with Gasteiger partial charge in [-0.1, -0.05) is 13.3 Å². The molecule has 1 fully saturated rings. The number of likely N-dealkylation sites (tertiary alicyclic amines) is 1. The number of hydrogen-bond donors (Lipinski definition) is 2. The van der Waals surface area contributed by atoms with Crippen LogP contribution in [0.3, 0.4) is 0 Å². The largest absolute Gasteiger partial charge is 0.385 e. The van der Waals surface area contributed by atoms with Gasteiger partial charge in [0.15, 0.2) is 0 Å². The molecule has 112 valence electrons. The molecule has 0 spiro atoms. The van der Waals surface area contributed by atoms with Gasteiger partial charge in [-0.25, -0.2) is 0 Å². The van der Waals surface area contributed by atoms with Crippen LogP contribution >= 0.6 is 0 Å². The van der Waals surface area contributed by atoms with Crippen molar-refractivity contribution >= 4 is 5.91 Å². The molecule has 1 amide bonds. The van der Waals surface area contributed by atoms with Crippen molar-refractivity contribution in [3.8, 4) is 0 Å². The lowest BCUT2D eigenvalue weighted by molar-refractivity contribution is -0.123. The Bertz CT molecular complexity index is 253. The maximum Gasteiger partial charge on any atom is 0.237 e. The third-order valence-corrected chi connectivity index (χ3v) is 3.69. The van der Waals surface area contributed by atoms with E-state index in [1.165, 1.54) is 0 Å². The van der Waals surface area contributed by atoms with Crippen LogP contribution in [-0.2, 0) is 9.53 Å². The summed E-state index contributed by atoms with van der Waals surface area (Å²) in [5, 5.41) is 3.08. The summed E-state index contributed by atoms with van der Waals surface area (Å²) >= 11 is 0. The standard InChI is InChI=1S/C14H29N3O2/c1-3-5-13(15)14(18)16-12-6-9-17(10-7-12)8-4-11-19-2/h12-13H,3-11,15H2,1-2H3,(H,16,18). The first-order valence-electron chi connectivity index (χ1n) is 7.44. The van der Waals surface area contributed by atoms with Gasteiger partial charge in [0.1, 0.15) is 0 Å². The molecule has 0 radical (unpaired) electrons. The second kappa shape index (κ2) is 9.28. The molecule has 0 aliphatic carbocycles. The van der Waals surface area contributed by atoms with Crippen molar-refractivity contribution in [1.82, 2.24) is 10.2 Å². The number of hydrogen-bond acceptors (Lipinski definition) is 4. The summed E-state index contributed by atoms with van der Waals surface area (Å²) in [5.74, 6) is 0.0136. The van der Waals surface area contributed by atoms with Crippen molar-refractivity contribution < 1.29 is 9.53 Å². The van der Waals surface area contributed by atoms with Crippen LogP contribution in [0.2, 0.25) is 0 Å². The zero-order chi connectivity index (χ0) is 14.1. The molecule has 1 atom stereocenters. The first-order valence-corrected chi connectivity index (χ1v) is 7.44. The summed E-state index contributed by atoms with van der Waals surface area (Å²) in [7, 11) is 1.74. The molecule has 0 bridgehead atoms. The minimum atomic E-state index is -0.343. The second-order valence-corrected chi connectivity index (χ2v) is 5.37. The normalized spacial score (nSPS) is 19.3. The van der Waals surface area contributed by atoms with E-state index in [9.17, 15) is 4.79 Å². The topological polar surface area (TPSA) is 67.6 Å². The quantitative estimate of drug-likeness (QED) is 0.639. The summed E-state index contributed by atoms with van der Waals surface area (Å²) in [6.45, 7) is 6.06. The Morgan fingerprint density at radius 1 is 1.47 bits per heavy atom. The van der Waals surface area contributed by atoms with Gasteiger partial charge in [0.05, 0.1) is 6.04 Å². The number of nitrogens with one attached hydrogen (secondary N) is 1. The van der Waals surface area contributed by atoms with Gasteiger partial charge >= 0.3 is 0 Å². The predicted octanol–water partition coefficient (Wildman–Crippen LogP) is 0.731. The lowest BCUT2D eigenvalue weighted by atomic mass is 10.0. The maximum atomic E-state index is 11.8. The Hall–Kier alpha value is -0.650. The Morgan fingerprint density at radius 3 is 2.74 bits per heavy atom. The van der Waals surface area contributed by atoms with Gasteiger partial charge < -0.3 is 20.7 Å². The van der Waals surface area contributed by atoms with Gasteiger partial charge in [0.2, 0.25) is 5.91 Å². The Labute approximate surface area is 116 Å². The lowest BCUT2D eigenvalue weighted by Gasteiger charge is -2.32. The van der Waals surface area contributed by atoms with Crippen LogP contribution in [0.4, 0.5) is 0 Å². The van der Waals surface area contributed by atoms with E-state index >= 15 is 0 Å². The monoisotopic (exact) mass is 271 g/mol. The van der Waals surface area contributed by atoms with Crippen LogP contribution in [0.15, 0.2) is 0 Å². The van der Waals surface area contributed by atoms with Crippen LogP contribution < -0.4 is 11.1 Å². The number of methoxy groups -OCH3 is 1. The molecule has 0 aromatic heterocycles. The third kappa shape index (κ3) is 6.36. The van der Waals surface area contributed by atoms with Crippen LogP contribution in [0.1, 0.15) is 39.0 Å². The highest BCUT2D eigenvalue weighted by Gasteiger charge is 2.22. The highest BCUT2D eigenvalue weighted by atomic mass is 16.5. The van der Waals surface area contributed by atoms with Crippen molar-refractivity contribution in [2.24, 2.45) is 5.73 Å². The molecule has 1 rings (SSSR count). The molecule has 0 saturated carbocycles. The summed E-state index contributed by atoms with van der Waals surface area (Å²) in [5.41, 5.74) is 5.82. The first-order chi connectivity index (χ1) is 9.17. The van der Waals surface area contributed by atoms with E-state index in [0.29, 0.717) is 6.04 Å². The summed E-state index contributed by atoms with van der Waals surface area (Å²) < 4.78 is 5.06. The van der Waals surface area contributed by atoms with E-state index in [2.05, 4.69) is 10.2 Å². The molecule has 1 heterocycles. The average Bonchev–Trinajstić information content (AvgIpc) is 2.41. The highest BCUT2D eigenvalue weighted by molar-refractivity contribution is 5.81. The zero-order valence-electron chi connectivity index (χ0n) is 12.4. The van der Waals surface area contributed by atoms with E-state index in [0.717, 1.165) is 58.3 Å². The smallest absolute Gasteiger partial charge is 0.237 e. The fourth-order valence-corrected chi connectivity index (χ4v) is 2.48. The molecule has 1 saturated heterocycles. The van der Waals surface area contributed by atoms with Gasteiger partial charge in [-0.05, 0) is 25.7 Å². The molecular weight excluding hydrogens is 242 g/mol. The van der Waals surface area contributed by atoms with E-state index < -0.39 is 0 Å². The summed E-state index contributed by atoms with van der Waals surface area (Å²) in [4.78, 5) is 14.3. The molecular formula is C14H29N3O2. The lowest BCUT2D eigenvalue weighted by Crippen LogP contribution is -2.49. The Balaban J connectivity index is 2.17. The number of nitrogens with two attached hydrogens (primary N) is 1. The van der Waals surface area contributed by atoms with E-state index in [-0.39, 0.29) is 11.9 Å². The van der Waals surface area contributed by atoms with Gasteiger partial charge in [-0.3, -0.25) is 4.79 Å². The SMILES string of the molecule is CCCC(N)C(=O)NC1CCN(CCCOC)CC1. The zero-order valence-corrected chi connectivity index (χ0v) is 12.4. The first kappa shape index (κ1) is 16.4. The minimum absolute atomic E-state index is 0.0136. The number of amides is 1. The van der Waals surface area contributed by atoms with Crippen LogP contribution in [0, 0.1) is 0 Å². The molecule has 1 aliphatic heterocycles. The maximum absolute atomic E-state index is 11.8. The van der Waals surface area contributed by atoms with Gasteiger partial charge in [-0.15, -0.1) is 0 Å². The van der Waals surface area contributed by atoms with Crippen molar-refractivity contribution in [3.05, 3.63) is 0 Å². The number of rotatable bonds is 8. The minimum Gasteiger partial charge on any atom is -0.385 e. The second-order valence-electron chi connectivity index (χ2n) is 5.37.